The standard InChI is InChI=1S/C15H17N3O3S/c1-3-13(20)18(15(21)22)11-6-4-10(5-7-11)14-9(2)8-12(19)16-17-14/h4-7,9H,3,8H2,1-2H3,(H,16,19)(H,21,22). The van der Waals surface area contributed by atoms with Crippen molar-refractivity contribution < 1.29 is 14.4 Å². The van der Waals surface area contributed by atoms with Crippen molar-refractivity contribution in [2.75, 3.05) is 4.90 Å². The zero-order valence-corrected chi connectivity index (χ0v) is 13.3. The molecule has 0 saturated heterocycles. The lowest BCUT2D eigenvalue weighted by Crippen LogP contribution is -2.33. The molecule has 1 unspecified atom stereocenters. The van der Waals surface area contributed by atoms with Gasteiger partial charge in [-0.1, -0.05) is 38.6 Å². The Bertz CT molecular complexity index is 640. The number of nitrogens with zero attached hydrogens (tertiary/aromatic N) is 2. The van der Waals surface area contributed by atoms with Crippen LogP contribution in [0.25, 0.3) is 0 Å². The lowest BCUT2D eigenvalue weighted by Gasteiger charge is -2.21. The summed E-state index contributed by atoms with van der Waals surface area (Å²) >= 11 is 3.74. The Morgan fingerprint density at radius 1 is 1.36 bits per heavy atom. The van der Waals surface area contributed by atoms with Crippen molar-refractivity contribution in [1.29, 1.82) is 0 Å². The van der Waals surface area contributed by atoms with E-state index in [1.165, 1.54) is 0 Å². The zero-order valence-electron chi connectivity index (χ0n) is 12.4. The van der Waals surface area contributed by atoms with Gasteiger partial charge in [-0.05, 0) is 17.7 Å². The van der Waals surface area contributed by atoms with E-state index in [1.807, 2.05) is 6.92 Å². The molecular weight excluding hydrogens is 302 g/mol. The van der Waals surface area contributed by atoms with Crippen LogP contribution in [-0.2, 0) is 9.59 Å². The van der Waals surface area contributed by atoms with E-state index in [1.54, 1.807) is 31.2 Å². The summed E-state index contributed by atoms with van der Waals surface area (Å²) < 4.78 is 0. The van der Waals surface area contributed by atoms with Gasteiger partial charge in [-0.3, -0.25) is 14.4 Å². The minimum Gasteiger partial charge on any atom is -0.274 e. The third-order valence-electron chi connectivity index (χ3n) is 3.42. The SMILES string of the molecule is CCC(=O)N(C(=O)S)c1ccc(C2=NNC(=O)CC2C)cc1. The van der Waals surface area contributed by atoms with Crippen molar-refractivity contribution in [3.63, 3.8) is 0 Å². The van der Waals surface area contributed by atoms with Gasteiger partial charge in [0, 0.05) is 18.8 Å². The van der Waals surface area contributed by atoms with Crippen molar-refractivity contribution in [3.05, 3.63) is 29.8 Å². The maximum atomic E-state index is 11.8. The Morgan fingerprint density at radius 2 is 2.00 bits per heavy atom. The summed E-state index contributed by atoms with van der Waals surface area (Å²) in [5, 5.41) is 3.46. The fraction of sp³-hybridized carbons (Fsp3) is 0.333. The van der Waals surface area contributed by atoms with E-state index in [9.17, 15) is 14.4 Å². The fourth-order valence-corrected chi connectivity index (χ4v) is 2.53. The van der Waals surface area contributed by atoms with Crippen molar-refractivity contribution in [3.8, 4) is 0 Å². The number of rotatable bonds is 3. The summed E-state index contributed by atoms with van der Waals surface area (Å²) in [7, 11) is 0. The van der Waals surface area contributed by atoms with Gasteiger partial charge in [-0.25, -0.2) is 10.3 Å². The average molecular weight is 319 g/mol. The van der Waals surface area contributed by atoms with E-state index in [4.69, 9.17) is 0 Å². The predicted molar refractivity (Wildman–Crippen MR) is 87.1 cm³/mol. The molecule has 0 bridgehead atoms. The van der Waals surface area contributed by atoms with E-state index >= 15 is 0 Å². The quantitative estimate of drug-likeness (QED) is 0.839. The Hall–Kier alpha value is -2.15. The maximum absolute atomic E-state index is 11.8. The minimum atomic E-state index is -0.616. The van der Waals surface area contributed by atoms with Gasteiger partial charge in [0.05, 0.1) is 11.4 Å². The van der Waals surface area contributed by atoms with Crippen LogP contribution < -0.4 is 10.3 Å². The molecule has 1 N–H and O–H groups in total. The third-order valence-corrected chi connectivity index (χ3v) is 3.62. The molecule has 116 valence electrons. The third kappa shape index (κ3) is 3.36. The summed E-state index contributed by atoms with van der Waals surface area (Å²) in [4.78, 5) is 35.6. The number of carbonyl (C=O) groups is 3. The molecular formula is C15H17N3O3S. The van der Waals surface area contributed by atoms with Crippen LogP contribution in [-0.4, -0.2) is 22.8 Å². The van der Waals surface area contributed by atoms with Crippen molar-refractivity contribution in [2.24, 2.45) is 11.0 Å². The van der Waals surface area contributed by atoms with Crippen LogP contribution in [0.5, 0.6) is 0 Å². The first-order valence-corrected chi connectivity index (χ1v) is 7.41. The van der Waals surface area contributed by atoms with Crippen LogP contribution in [0.4, 0.5) is 10.5 Å². The van der Waals surface area contributed by atoms with Crippen LogP contribution in [0.15, 0.2) is 29.4 Å². The maximum Gasteiger partial charge on any atom is 0.289 e. The normalized spacial score (nSPS) is 17.5. The number of hydrogen-bond acceptors (Lipinski definition) is 4. The number of thiol groups is 1. The van der Waals surface area contributed by atoms with Crippen molar-refractivity contribution in [1.82, 2.24) is 5.43 Å². The van der Waals surface area contributed by atoms with E-state index in [2.05, 4.69) is 23.2 Å². The second-order valence-corrected chi connectivity index (χ2v) is 5.43. The first-order chi connectivity index (χ1) is 10.4. The van der Waals surface area contributed by atoms with Gasteiger partial charge in [0.25, 0.3) is 5.24 Å². The fourth-order valence-electron chi connectivity index (χ4n) is 2.30. The Labute approximate surface area is 134 Å². The van der Waals surface area contributed by atoms with Crippen LogP contribution in [0.2, 0.25) is 0 Å². The number of benzene rings is 1. The Balaban J connectivity index is 2.28. The molecule has 0 aromatic heterocycles. The first kappa shape index (κ1) is 16.2. The summed E-state index contributed by atoms with van der Waals surface area (Å²) in [6.45, 7) is 3.61. The molecule has 1 heterocycles. The molecule has 0 saturated carbocycles. The molecule has 0 aliphatic carbocycles. The van der Waals surface area contributed by atoms with E-state index in [0.717, 1.165) is 16.2 Å². The molecule has 0 spiro atoms. The summed E-state index contributed by atoms with van der Waals surface area (Å²) in [6, 6.07) is 6.88. The second kappa shape index (κ2) is 6.74. The Morgan fingerprint density at radius 3 is 2.50 bits per heavy atom. The highest BCUT2D eigenvalue weighted by atomic mass is 32.1. The molecule has 1 aliphatic rings. The number of amides is 3. The summed E-state index contributed by atoms with van der Waals surface area (Å²) in [5.74, 6) is -0.406. The number of anilines is 1. The smallest absolute Gasteiger partial charge is 0.274 e. The van der Waals surface area contributed by atoms with E-state index < -0.39 is 5.24 Å². The molecule has 7 heteroatoms. The van der Waals surface area contributed by atoms with Gasteiger partial charge >= 0.3 is 0 Å². The number of carbonyl (C=O) groups excluding carboxylic acids is 3. The monoisotopic (exact) mass is 319 g/mol. The molecule has 22 heavy (non-hydrogen) atoms. The van der Waals surface area contributed by atoms with Crippen LogP contribution in [0, 0.1) is 5.92 Å². The molecule has 1 aromatic rings. The second-order valence-electron chi connectivity index (χ2n) is 5.05. The largest absolute Gasteiger partial charge is 0.289 e. The molecule has 1 atom stereocenters. The lowest BCUT2D eigenvalue weighted by molar-refractivity contribution is -0.122. The molecule has 0 fully saturated rings. The van der Waals surface area contributed by atoms with Crippen LogP contribution in [0.3, 0.4) is 0 Å². The number of hydrogen-bond donors (Lipinski definition) is 2. The molecule has 2 rings (SSSR count). The predicted octanol–water partition coefficient (Wildman–Crippen LogP) is 2.34. The topological polar surface area (TPSA) is 78.8 Å². The van der Waals surface area contributed by atoms with Gasteiger partial charge in [0.1, 0.15) is 0 Å². The number of imide groups is 1. The van der Waals surface area contributed by atoms with Crippen LogP contribution >= 0.6 is 12.6 Å². The average Bonchev–Trinajstić information content (AvgIpc) is 2.48. The van der Waals surface area contributed by atoms with Gasteiger partial charge in [-0.15, -0.1) is 0 Å². The van der Waals surface area contributed by atoms with Gasteiger partial charge in [0.2, 0.25) is 11.8 Å². The molecule has 6 nitrogen and oxygen atoms in total. The lowest BCUT2D eigenvalue weighted by atomic mass is 9.94. The summed E-state index contributed by atoms with van der Waals surface area (Å²) in [5.41, 5.74) is 4.54. The highest BCUT2D eigenvalue weighted by Crippen LogP contribution is 2.22. The first-order valence-electron chi connectivity index (χ1n) is 6.96. The highest BCUT2D eigenvalue weighted by molar-refractivity contribution is 7.97. The molecule has 1 aliphatic heterocycles. The van der Waals surface area contributed by atoms with Gasteiger partial charge < -0.3 is 0 Å². The number of nitrogens with one attached hydrogen (secondary N) is 1. The van der Waals surface area contributed by atoms with E-state index in [-0.39, 0.29) is 24.2 Å². The Kier molecular flexibility index (Phi) is 4.97. The number of hydrazone groups is 1. The highest BCUT2D eigenvalue weighted by Gasteiger charge is 2.23. The molecule has 3 amide bonds. The van der Waals surface area contributed by atoms with Crippen molar-refractivity contribution in [2.45, 2.75) is 26.7 Å². The minimum absolute atomic E-state index is 0.0134. The van der Waals surface area contributed by atoms with E-state index in [0.29, 0.717) is 12.1 Å². The zero-order chi connectivity index (χ0) is 16.3. The van der Waals surface area contributed by atoms with Crippen molar-refractivity contribution >= 4 is 41.1 Å². The molecule has 1 aromatic carbocycles. The van der Waals surface area contributed by atoms with Gasteiger partial charge in [-0.2, -0.15) is 5.10 Å². The molecule has 0 radical (unpaired) electrons. The van der Waals surface area contributed by atoms with Crippen LogP contribution in [0.1, 0.15) is 32.3 Å². The summed E-state index contributed by atoms with van der Waals surface area (Å²) in [6.07, 6.45) is 0.597. The van der Waals surface area contributed by atoms with Gasteiger partial charge in [0.15, 0.2) is 0 Å².